The fraction of sp³-hybridized carbons (Fsp3) is 0.120. The zero-order valence-electron chi connectivity index (χ0n) is 19.0. The van der Waals surface area contributed by atoms with Crippen LogP contribution in [0.15, 0.2) is 83.1 Å². The minimum atomic E-state index is -0.374. The monoisotopic (exact) mass is 491 g/mol. The van der Waals surface area contributed by atoms with E-state index in [0.29, 0.717) is 16.5 Å². The Morgan fingerprint density at radius 1 is 1.03 bits per heavy atom. The Hall–Kier alpha value is -4.18. The first-order valence-corrected chi connectivity index (χ1v) is 11.5. The van der Waals surface area contributed by atoms with E-state index in [1.807, 2.05) is 53.1 Å². The number of hydrazone groups is 1. The normalized spacial score (nSPS) is 10.9. The van der Waals surface area contributed by atoms with Gasteiger partial charge in [0, 0.05) is 11.3 Å². The second kappa shape index (κ2) is 11.3. The predicted molar refractivity (Wildman–Crippen MR) is 133 cm³/mol. The summed E-state index contributed by atoms with van der Waals surface area (Å²) in [5, 5.41) is 13.1. The second-order valence-electron chi connectivity index (χ2n) is 7.20. The van der Waals surface area contributed by atoms with Crippen molar-refractivity contribution in [2.24, 2.45) is 5.10 Å². The van der Waals surface area contributed by atoms with E-state index in [1.165, 1.54) is 30.1 Å². The van der Waals surface area contributed by atoms with E-state index >= 15 is 0 Å². The quantitative estimate of drug-likeness (QED) is 0.213. The van der Waals surface area contributed by atoms with Gasteiger partial charge in [-0.2, -0.15) is 5.10 Å². The molecule has 1 N–H and O–H groups in total. The Bertz CT molecular complexity index is 1320. The molecule has 35 heavy (non-hydrogen) atoms. The van der Waals surface area contributed by atoms with Crippen molar-refractivity contribution in [1.29, 1.82) is 0 Å². The molecule has 178 valence electrons. The summed E-state index contributed by atoms with van der Waals surface area (Å²) >= 11 is 1.22. The number of aromatic nitrogens is 3. The van der Waals surface area contributed by atoms with Gasteiger partial charge in [-0.05, 0) is 66.2 Å². The summed E-state index contributed by atoms with van der Waals surface area (Å²) in [6.07, 6.45) is 1.38. The maximum atomic E-state index is 13.3. The third-order valence-corrected chi connectivity index (χ3v) is 5.83. The van der Waals surface area contributed by atoms with Crippen LogP contribution >= 0.6 is 11.8 Å². The summed E-state index contributed by atoms with van der Waals surface area (Å²) < 4.78 is 25.6. The molecule has 1 amide bonds. The summed E-state index contributed by atoms with van der Waals surface area (Å²) in [5.74, 6) is 1.41. The molecule has 0 saturated heterocycles. The highest BCUT2D eigenvalue weighted by Crippen LogP contribution is 2.29. The Morgan fingerprint density at radius 2 is 1.71 bits per heavy atom. The molecular formula is C25H22FN5O3S. The van der Waals surface area contributed by atoms with Crippen molar-refractivity contribution in [1.82, 2.24) is 20.2 Å². The third-order valence-electron chi connectivity index (χ3n) is 4.90. The highest BCUT2D eigenvalue weighted by atomic mass is 32.2. The maximum Gasteiger partial charge on any atom is 0.250 e. The number of halogens is 1. The second-order valence-corrected chi connectivity index (χ2v) is 8.15. The molecule has 3 aromatic carbocycles. The van der Waals surface area contributed by atoms with Gasteiger partial charge in [0.25, 0.3) is 5.91 Å². The van der Waals surface area contributed by atoms with Gasteiger partial charge >= 0.3 is 0 Å². The Morgan fingerprint density at radius 3 is 2.37 bits per heavy atom. The zero-order chi connectivity index (χ0) is 24.6. The molecule has 4 aromatic rings. The van der Waals surface area contributed by atoms with Gasteiger partial charge in [-0.1, -0.05) is 23.9 Å². The fourth-order valence-corrected chi connectivity index (χ4v) is 3.93. The molecule has 10 heteroatoms. The molecule has 0 bridgehead atoms. The van der Waals surface area contributed by atoms with Crippen LogP contribution in [0.2, 0.25) is 0 Å². The molecule has 1 heterocycles. The van der Waals surface area contributed by atoms with E-state index in [4.69, 9.17) is 9.47 Å². The lowest BCUT2D eigenvalue weighted by molar-refractivity contribution is -0.118. The number of rotatable bonds is 9. The SMILES string of the molecule is COc1ccc(-c2nnc(SCC(=O)NN=Cc3cccc(F)c3)n2-c2ccc(OC)cc2)cc1. The topological polar surface area (TPSA) is 90.6 Å². The molecular weight excluding hydrogens is 469 g/mol. The first kappa shape index (κ1) is 24.0. The van der Waals surface area contributed by atoms with Crippen LogP contribution in [0.25, 0.3) is 17.1 Å². The number of nitrogens with zero attached hydrogens (tertiary/aromatic N) is 4. The van der Waals surface area contributed by atoms with Gasteiger partial charge in [-0.15, -0.1) is 10.2 Å². The van der Waals surface area contributed by atoms with E-state index in [-0.39, 0.29) is 17.5 Å². The number of hydrogen-bond donors (Lipinski definition) is 1. The number of methoxy groups -OCH3 is 2. The number of ether oxygens (including phenoxy) is 2. The van der Waals surface area contributed by atoms with Gasteiger partial charge in [0.1, 0.15) is 17.3 Å². The van der Waals surface area contributed by atoms with Crippen LogP contribution < -0.4 is 14.9 Å². The molecule has 0 aliphatic heterocycles. The number of benzene rings is 3. The average Bonchev–Trinajstić information content (AvgIpc) is 3.31. The molecule has 1 aromatic heterocycles. The highest BCUT2D eigenvalue weighted by Gasteiger charge is 2.17. The minimum Gasteiger partial charge on any atom is -0.497 e. The number of carbonyl (C=O) groups excluding carboxylic acids is 1. The van der Waals surface area contributed by atoms with Gasteiger partial charge in [0.15, 0.2) is 11.0 Å². The largest absolute Gasteiger partial charge is 0.497 e. The van der Waals surface area contributed by atoms with Crippen LogP contribution in [0.5, 0.6) is 11.5 Å². The molecule has 0 spiro atoms. The number of amides is 1. The minimum absolute atomic E-state index is 0.0530. The standard InChI is InChI=1S/C25H22FN5O3S/c1-33-21-10-6-18(7-11-21)24-29-30-25(31(24)20-8-12-22(34-2)13-9-20)35-16-23(32)28-27-15-17-4-3-5-19(26)14-17/h3-15H,16H2,1-2H3,(H,28,32). The van der Waals surface area contributed by atoms with E-state index in [9.17, 15) is 9.18 Å². The van der Waals surface area contributed by atoms with Crippen LogP contribution in [0.4, 0.5) is 4.39 Å². The molecule has 0 radical (unpaired) electrons. The summed E-state index contributed by atoms with van der Waals surface area (Å²) in [6.45, 7) is 0. The first-order chi connectivity index (χ1) is 17.1. The number of nitrogens with one attached hydrogen (secondary N) is 1. The van der Waals surface area contributed by atoms with E-state index in [1.54, 1.807) is 26.4 Å². The highest BCUT2D eigenvalue weighted by molar-refractivity contribution is 7.99. The van der Waals surface area contributed by atoms with Crippen LogP contribution in [0.3, 0.4) is 0 Å². The van der Waals surface area contributed by atoms with Crippen LogP contribution in [0.1, 0.15) is 5.56 Å². The lowest BCUT2D eigenvalue weighted by atomic mass is 10.2. The summed E-state index contributed by atoms with van der Waals surface area (Å²) in [5.41, 5.74) is 4.64. The van der Waals surface area contributed by atoms with E-state index in [2.05, 4.69) is 20.7 Å². The van der Waals surface area contributed by atoms with Crippen LogP contribution in [-0.4, -0.2) is 46.9 Å². The van der Waals surface area contributed by atoms with Crippen LogP contribution in [-0.2, 0) is 4.79 Å². The molecule has 4 rings (SSSR count). The zero-order valence-corrected chi connectivity index (χ0v) is 19.8. The van der Waals surface area contributed by atoms with Crippen molar-refractivity contribution < 1.29 is 18.7 Å². The van der Waals surface area contributed by atoms with E-state index < -0.39 is 0 Å². The lowest BCUT2D eigenvalue weighted by Gasteiger charge is -2.11. The first-order valence-electron chi connectivity index (χ1n) is 10.5. The molecule has 0 saturated carbocycles. The number of carbonyl (C=O) groups is 1. The summed E-state index contributed by atoms with van der Waals surface area (Å²) in [4.78, 5) is 12.3. The van der Waals surface area contributed by atoms with E-state index in [0.717, 1.165) is 22.7 Å². The van der Waals surface area contributed by atoms with Gasteiger partial charge in [-0.3, -0.25) is 9.36 Å². The Kier molecular flexibility index (Phi) is 7.74. The number of thioether (sulfide) groups is 1. The maximum absolute atomic E-state index is 13.3. The summed E-state index contributed by atoms with van der Waals surface area (Å²) in [6, 6.07) is 20.9. The van der Waals surface area contributed by atoms with Crippen molar-refractivity contribution in [3.05, 3.63) is 84.2 Å². The Balaban J connectivity index is 1.53. The smallest absolute Gasteiger partial charge is 0.250 e. The summed E-state index contributed by atoms with van der Waals surface area (Å²) in [7, 11) is 3.21. The Labute approximate surface area is 205 Å². The lowest BCUT2D eigenvalue weighted by Crippen LogP contribution is -2.20. The predicted octanol–water partition coefficient (Wildman–Crippen LogP) is 4.33. The van der Waals surface area contributed by atoms with Crippen molar-refractivity contribution in [2.75, 3.05) is 20.0 Å². The van der Waals surface area contributed by atoms with Gasteiger partial charge < -0.3 is 9.47 Å². The number of hydrogen-bond acceptors (Lipinski definition) is 7. The molecule has 0 atom stereocenters. The van der Waals surface area contributed by atoms with Crippen LogP contribution in [0, 0.1) is 5.82 Å². The van der Waals surface area contributed by atoms with Crippen molar-refractivity contribution >= 4 is 23.9 Å². The van der Waals surface area contributed by atoms with Crippen molar-refractivity contribution in [3.63, 3.8) is 0 Å². The molecule has 0 aliphatic carbocycles. The van der Waals surface area contributed by atoms with Gasteiger partial charge in [-0.25, -0.2) is 9.82 Å². The average molecular weight is 492 g/mol. The van der Waals surface area contributed by atoms with Gasteiger partial charge in [0.2, 0.25) is 0 Å². The molecule has 0 aliphatic rings. The molecule has 0 unspecified atom stereocenters. The molecule has 8 nitrogen and oxygen atoms in total. The third kappa shape index (κ3) is 6.04. The van der Waals surface area contributed by atoms with Gasteiger partial charge in [0.05, 0.1) is 26.2 Å². The fourth-order valence-electron chi connectivity index (χ4n) is 3.18. The molecule has 0 fully saturated rings. The van der Waals surface area contributed by atoms with Crippen molar-refractivity contribution in [3.8, 4) is 28.6 Å². The van der Waals surface area contributed by atoms with Crippen molar-refractivity contribution in [2.45, 2.75) is 5.16 Å².